The first-order valence-electron chi connectivity index (χ1n) is 4.85. The minimum atomic E-state index is -4.30. The van der Waals surface area contributed by atoms with Gasteiger partial charge in [0.05, 0.1) is 21.4 Å². The fourth-order valence-electron chi connectivity index (χ4n) is 1.53. The fourth-order valence-corrected chi connectivity index (χ4v) is 1.87. The monoisotopic (exact) mass is 284 g/mol. The van der Waals surface area contributed by atoms with E-state index >= 15 is 0 Å². The number of rotatable bonds is 2. The van der Waals surface area contributed by atoms with Crippen molar-refractivity contribution in [2.45, 2.75) is 24.6 Å². The smallest absolute Gasteiger partial charge is 0.397 e. The Kier molecular flexibility index (Phi) is 2.86. The van der Waals surface area contributed by atoms with Gasteiger partial charge in [-0.3, -0.25) is 0 Å². The van der Waals surface area contributed by atoms with Crippen LogP contribution in [0.15, 0.2) is 12.1 Å². The Morgan fingerprint density at radius 2 is 1.71 bits per heavy atom. The van der Waals surface area contributed by atoms with Crippen LogP contribution in [0.4, 0.5) is 24.5 Å². The van der Waals surface area contributed by atoms with Gasteiger partial charge in [-0.2, -0.15) is 13.2 Å². The highest BCUT2D eigenvalue weighted by Gasteiger charge is 2.63. The first-order valence-corrected chi connectivity index (χ1v) is 5.60. The SMILES string of the molecule is Nc1cc(Cl)c(Cl)cc1NC1(C(F)(F)F)CC1. The second kappa shape index (κ2) is 3.85. The molecular weight excluding hydrogens is 276 g/mol. The molecular formula is C10H9Cl2F3N2. The number of hydrogen-bond donors (Lipinski definition) is 2. The predicted molar refractivity (Wildman–Crippen MR) is 62.5 cm³/mol. The maximum absolute atomic E-state index is 12.7. The summed E-state index contributed by atoms with van der Waals surface area (Å²) in [4.78, 5) is 0. The Morgan fingerprint density at radius 3 is 2.18 bits per heavy atom. The van der Waals surface area contributed by atoms with Crippen LogP contribution in [0.25, 0.3) is 0 Å². The van der Waals surface area contributed by atoms with Crippen LogP contribution < -0.4 is 11.1 Å². The van der Waals surface area contributed by atoms with Gasteiger partial charge in [0, 0.05) is 0 Å². The summed E-state index contributed by atoms with van der Waals surface area (Å²) in [6.07, 6.45) is -4.22. The molecule has 1 fully saturated rings. The molecule has 17 heavy (non-hydrogen) atoms. The van der Waals surface area contributed by atoms with Crippen LogP contribution >= 0.6 is 23.2 Å². The van der Waals surface area contributed by atoms with Crippen LogP contribution in [-0.4, -0.2) is 11.7 Å². The molecule has 3 N–H and O–H groups in total. The average Bonchev–Trinajstić information content (AvgIpc) is 2.94. The van der Waals surface area contributed by atoms with Gasteiger partial charge in [0.2, 0.25) is 0 Å². The lowest BCUT2D eigenvalue weighted by atomic mass is 10.2. The van der Waals surface area contributed by atoms with Crippen molar-refractivity contribution in [1.29, 1.82) is 0 Å². The van der Waals surface area contributed by atoms with Gasteiger partial charge < -0.3 is 11.1 Å². The Balaban J connectivity index is 2.29. The third-order valence-corrected chi connectivity index (χ3v) is 3.48. The third-order valence-electron chi connectivity index (χ3n) is 2.76. The number of nitrogens with one attached hydrogen (secondary N) is 1. The van der Waals surface area contributed by atoms with Crippen LogP contribution in [0.2, 0.25) is 10.0 Å². The van der Waals surface area contributed by atoms with E-state index in [1.165, 1.54) is 12.1 Å². The van der Waals surface area contributed by atoms with Crippen molar-refractivity contribution in [2.75, 3.05) is 11.1 Å². The zero-order chi connectivity index (χ0) is 12.8. The first-order chi connectivity index (χ1) is 7.75. The van der Waals surface area contributed by atoms with E-state index in [0.717, 1.165) is 0 Å². The van der Waals surface area contributed by atoms with Gasteiger partial charge in [0.15, 0.2) is 0 Å². The summed E-state index contributed by atoms with van der Waals surface area (Å²) in [5, 5.41) is 2.79. The zero-order valence-electron chi connectivity index (χ0n) is 8.54. The molecule has 1 aliphatic carbocycles. The van der Waals surface area contributed by atoms with Gasteiger partial charge in [-0.15, -0.1) is 0 Å². The van der Waals surface area contributed by atoms with Gasteiger partial charge in [-0.05, 0) is 25.0 Å². The molecule has 0 aromatic heterocycles. The highest BCUT2D eigenvalue weighted by molar-refractivity contribution is 6.42. The van der Waals surface area contributed by atoms with Crippen molar-refractivity contribution in [3.05, 3.63) is 22.2 Å². The van der Waals surface area contributed by atoms with Gasteiger partial charge in [0.1, 0.15) is 5.54 Å². The molecule has 0 amide bonds. The minimum Gasteiger partial charge on any atom is -0.397 e. The second-order valence-electron chi connectivity index (χ2n) is 4.06. The molecule has 1 aromatic carbocycles. The molecule has 1 aliphatic rings. The van der Waals surface area contributed by atoms with Gasteiger partial charge in [0.25, 0.3) is 0 Å². The number of halogens is 5. The van der Waals surface area contributed by atoms with E-state index in [9.17, 15) is 13.2 Å². The third kappa shape index (κ3) is 2.26. The van der Waals surface area contributed by atoms with E-state index in [4.69, 9.17) is 28.9 Å². The highest BCUT2D eigenvalue weighted by Crippen LogP contribution is 2.52. The lowest BCUT2D eigenvalue weighted by Gasteiger charge is -2.23. The number of nitrogen functional groups attached to an aromatic ring is 1. The molecule has 1 saturated carbocycles. The molecule has 0 unspecified atom stereocenters. The molecule has 1 aromatic rings. The minimum absolute atomic E-state index is 0.0379. The van der Waals surface area contributed by atoms with E-state index in [-0.39, 0.29) is 34.3 Å². The van der Waals surface area contributed by atoms with Crippen molar-refractivity contribution < 1.29 is 13.2 Å². The maximum Gasteiger partial charge on any atom is 0.411 e. The van der Waals surface area contributed by atoms with Gasteiger partial charge in [-0.25, -0.2) is 0 Å². The summed E-state index contributed by atoms with van der Waals surface area (Å²) in [5.41, 5.74) is 4.04. The summed E-state index contributed by atoms with van der Waals surface area (Å²) < 4.78 is 38.2. The summed E-state index contributed by atoms with van der Waals surface area (Å²) in [6, 6.07) is 2.64. The number of hydrogen-bond acceptors (Lipinski definition) is 2. The Bertz CT molecular complexity index is 456. The molecule has 0 bridgehead atoms. The van der Waals surface area contributed by atoms with E-state index in [1.54, 1.807) is 0 Å². The van der Waals surface area contributed by atoms with E-state index in [2.05, 4.69) is 5.32 Å². The van der Waals surface area contributed by atoms with Crippen molar-refractivity contribution >= 4 is 34.6 Å². The highest BCUT2D eigenvalue weighted by atomic mass is 35.5. The predicted octanol–water partition coefficient (Wildman–Crippen LogP) is 4.08. The molecule has 0 radical (unpaired) electrons. The molecule has 0 heterocycles. The summed E-state index contributed by atoms with van der Waals surface area (Å²) in [7, 11) is 0. The molecule has 0 spiro atoms. The van der Waals surface area contributed by atoms with Gasteiger partial charge in [-0.1, -0.05) is 23.2 Å². The fraction of sp³-hybridized carbons (Fsp3) is 0.400. The summed E-state index contributed by atoms with van der Waals surface area (Å²) >= 11 is 11.4. The van der Waals surface area contributed by atoms with Crippen LogP contribution in [-0.2, 0) is 0 Å². The Hall–Kier alpha value is -0.810. The summed E-state index contributed by atoms with van der Waals surface area (Å²) in [6.45, 7) is 0. The summed E-state index contributed by atoms with van der Waals surface area (Å²) in [5.74, 6) is 0. The molecule has 2 rings (SSSR count). The van der Waals surface area contributed by atoms with Crippen LogP contribution in [0.3, 0.4) is 0 Å². The molecule has 0 saturated heterocycles. The first kappa shape index (κ1) is 12.6. The average molecular weight is 285 g/mol. The van der Waals surface area contributed by atoms with Crippen molar-refractivity contribution in [3.8, 4) is 0 Å². The Labute approximate surface area is 106 Å². The maximum atomic E-state index is 12.7. The number of benzene rings is 1. The van der Waals surface area contributed by atoms with Crippen molar-refractivity contribution in [2.24, 2.45) is 0 Å². The number of nitrogens with two attached hydrogens (primary N) is 1. The number of alkyl halides is 3. The standard InChI is InChI=1S/C10H9Cl2F3N2/c11-5-3-7(16)8(4-6(5)12)17-9(1-2-9)10(13,14)15/h3-4,17H,1-2,16H2. The van der Waals surface area contributed by atoms with E-state index in [1.807, 2.05) is 0 Å². The van der Waals surface area contributed by atoms with E-state index < -0.39 is 11.7 Å². The van der Waals surface area contributed by atoms with E-state index in [0.29, 0.717) is 0 Å². The van der Waals surface area contributed by atoms with Crippen LogP contribution in [0, 0.1) is 0 Å². The van der Waals surface area contributed by atoms with Crippen LogP contribution in [0.5, 0.6) is 0 Å². The molecule has 7 heteroatoms. The van der Waals surface area contributed by atoms with Crippen LogP contribution in [0.1, 0.15) is 12.8 Å². The number of anilines is 2. The lowest BCUT2D eigenvalue weighted by molar-refractivity contribution is -0.151. The quantitative estimate of drug-likeness (QED) is 0.803. The zero-order valence-corrected chi connectivity index (χ0v) is 10.0. The molecule has 0 atom stereocenters. The van der Waals surface area contributed by atoms with Crippen molar-refractivity contribution in [1.82, 2.24) is 0 Å². The molecule has 2 nitrogen and oxygen atoms in total. The normalized spacial score (nSPS) is 17.9. The van der Waals surface area contributed by atoms with Gasteiger partial charge >= 0.3 is 6.18 Å². The Morgan fingerprint density at radius 1 is 1.18 bits per heavy atom. The topological polar surface area (TPSA) is 38.0 Å². The largest absolute Gasteiger partial charge is 0.411 e. The van der Waals surface area contributed by atoms with Crippen molar-refractivity contribution in [3.63, 3.8) is 0 Å². The molecule has 94 valence electrons. The lowest BCUT2D eigenvalue weighted by Crippen LogP contribution is -2.38. The molecule has 0 aliphatic heterocycles. The second-order valence-corrected chi connectivity index (χ2v) is 4.87.